The van der Waals surface area contributed by atoms with E-state index in [1.807, 2.05) is 0 Å². The molecule has 0 radical (unpaired) electrons. The van der Waals surface area contributed by atoms with Gasteiger partial charge in [-0.05, 0) is 13.0 Å². The summed E-state index contributed by atoms with van der Waals surface area (Å²) in [5.41, 5.74) is 4.78. The van der Waals surface area contributed by atoms with Crippen LogP contribution in [0.25, 0.3) is 0 Å². The molecule has 4 heteroatoms. The molecule has 0 aromatic rings. The Balaban J connectivity index is 0. The summed E-state index contributed by atoms with van der Waals surface area (Å²) in [7, 11) is 0. The third kappa shape index (κ3) is 13.6. The lowest BCUT2D eigenvalue weighted by Gasteiger charge is -1.86. The van der Waals surface area contributed by atoms with Gasteiger partial charge in [-0.3, -0.25) is 0 Å². The molecule has 0 aliphatic rings. The van der Waals surface area contributed by atoms with Crippen molar-refractivity contribution in [3.05, 3.63) is 12.2 Å². The molecule has 13 heavy (non-hydrogen) atoms. The zero-order chi connectivity index (χ0) is 10.7. The summed E-state index contributed by atoms with van der Waals surface area (Å²) < 4.78 is 0. The zero-order valence-electron chi connectivity index (χ0n) is 7.92. The summed E-state index contributed by atoms with van der Waals surface area (Å²) >= 11 is 0. The Morgan fingerprint density at radius 3 is 2.23 bits per heavy atom. The second-order valence-electron chi connectivity index (χ2n) is 2.39. The average molecular weight is 184 g/mol. The van der Waals surface area contributed by atoms with Gasteiger partial charge in [0.25, 0.3) is 0 Å². The molecule has 0 saturated carbocycles. The Bertz CT molecular complexity index is 190. The van der Waals surface area contributed by atoms with E-state index in [1.165, 1.54) is 25.3 Å². The maximum Gasteiger partial charge on any atom is 0.345 e. The van der Waals surface area contributed by atoms with Gasteiger partial charge < -0.3 is 10.8 Å². The van der Waals surface area contributed by atoms with Crippen molar-refractivity contribution in [2.45, 2.75) is 26.2 Å². The maximum absolute atomic E-state index is 9.61. The van der Waals surface area contributed by atoms with Crippen LogP contribution in [0.5, 0.6) is 0 Å². The Kier molecular flexibility index (Phi) is 11.6. The zero-order valence-corrected chi connectivity index (χ0v) is 7.92. The Morgan fingerprint density at radius 2 is 2.15 bits per heavy atom. The van der Waals surface area contributed by atoms with Crippen LogP contribution in [0.15, 0.2) is 12.2 Å². The van der Waals surface area contributed by atoms with Crippen molar-refractivity contribution in [3.63, 3.8) is 0 Å². The van der Waals surface area contributed by atoms with Crippen LogP contribution in [0.1, 0.15) is 26.2 Å². The van der Waals surface area contributed by atoms with E-state index in [1.54, 1.807) is 0 Å². The van der Waals surface area contributed by atoms with Crippen LogP contribution in [0.3, 0.4) is 0 Å². The number of nitrogens with zero attached hydrogens (tertiary/aromatic N) is 1. The number of carboxylic acids is 1. The van der Waals surface area contributed by atoms with Gasteiger partial charge >= 0.3 is 5.97 Å². The summed E-state index contributed by atoms with van der Waals surface area (Å²) in [5.74, 6) is -1.26. The monoisotopic (exact) mass is 184 g/mol. The van der Waals surface area contributed by atoms with Crippen LogP contribution >= 0.6 is 0 Å². The summed E-state index contributed by atoms with van der Waals surface area (Å²) in [6, 6.07) is 1.37. The number of hydrogen-bond donors (Lipinski definition) is 2. The van der Waals surface area contributed by atoms with E-state index < -0.39 is 11.5 Å². The van der Waals surface area contributed by atoms with Gasteiger partial charge in [0.2, 0.25) is 0 Å². The molecule has 0 bridgehead atoms. The first-order valence-electron chi connectivity index (χ1n) is 4.12. The predicted octanol–water partition coefficient (Wildman–Crippen LogP) is 1.29. The first kappa shape index (κ1) is 14.2. The molecule has 3 N–H and O–H groups in total. The maximum atomic E-state index is 9.61. The average Bonchev–Trinajstić information content (AvgIpc) is 2.14. The highest BCUT2D eigenvalue weighted by molar-refractivity contribution is 5.90. The lowest BCUT2D eigenvalue weighted by molar-refractivity contribution is -0.132. The van der Waals surface area contributed by atoms with Crippen LogP contribution in [-0.2, 0) is 4.79 Å². The minimum atomic E-state index is -1.26. The molecule has 0 saturated heterocycles. The first-order valence-corrected chi connectivity index (χ1v) is 4.12. The normalized spacial score (nSPS) is 7.77. The molecule has 0 aliphatic heterocycles. The Morgan fingerprint density at radius 1 is 1.62 bits per heavy atom. The summed E-state index contributed by atoms with van der Waals surface area (Å²) in [5, 5.41) is 15.6. The van der Waals surface area contributed by atoms with Crippen molar-refractivity contribution in [1.82, 2.24) is 0 Å². The third-order valence-corrected chi connectivity index (χ3v) is 1.20. The van der Waals surface area contributed by atoms with E-state index in [-0.39, 0.29) is 0 Å². The number of aliphatic carboxylic acids is 1. The van der Waals surface area contributed by atoms with Gasteiger partial charge in [0.1, 0.15) is 11.6 Å². The van der Waals surface area contributed by atoms with E-state index >= 15 is 0 Å². The highest BCUT2D eigenvalue weighted by Crippen LogP contribution is 1.88. The number of carboxylic acid groups (broad SMARTS) is 1. The van der Waals surface area contributed by atoms with Crippen molar-refractivity contribution in [3.8, 4) is 6.07 Å². The Hall–Kier alpha value is -1.34. The van der Waals surface area contributed by atoms with E-state index in [4.69, 9.17) is 16.1 Å². The molecule has 0 aromatic heterocycles. The SMILES string of the molecule is C=C(C#N)C(=O)O.CCCCCN. The van der Waals surface area contributed by atoms with Crippen LogP contribution in [0, 0.1) is 11.3 Å². The van der Waals surface area contributed by atoms with Gasteiger partial charge in [0, 0.05) is 0 Å². The topological polar surface area (TPSA) is 87.1 Å². The van der Waals surface area contributed by atoms with Crippen molar-refractivity contribution in [2.24, 2.45) is 5.73 Å². The molecule has 0 aliphatic carbocycles. The second kappa shape index (κ2) is 10.7. The smallest absolute Gasteiger partial charge is 0.345 e. The van der Waals surface area contributed by atoms with Crippen molar-refractivity contribution in [2.75, 3.05) is 6.54 Å². The molecular weight excluding hydrogens is 168 g/mol. The first-order chi connectivity index (χ1) is 6.09. The number of hydrogen-bond acceptors (Lipinski definition) is 3. The molecule has 0 amide bonds. The van der Waals surface area contributed by atoms with Crippen molar-refractivity contribution in [1.29, 1.82) is 5.26 Å². The highest BCUT2D eigenvalue weighted by Gasteiger charge is 1.97. The highest BCUT2D eigenvalue weighted by atomic mass is 16.4. The fourth-order valence-corrected chi connectivity index (χ4v) is 0.442. The number of rotatable bonds is 4. The van der Waals surface area contributed by atoms with Crippen LogP contribution < -0.4 is 5.73 Å². The molecule has 0 atom stereocenters. The molecule has 4 nitrogen and oxygen atoms in total. The molecule has 0 heterocycles. The Labute approximate surface area is 78.7 Å². The minimum Gasteiger partial charge on any atom is -0.477 e. The standard InChI is InChI=1S/C5H13N.C4H3NO2/c1-2-3-4-5-6;1-3(2-5)4(6)7/h2-6H2,1H3;1H2,(H,6,7). The second-order valence-corrected chi connectivity index (χ2v) is 2.39. The van der Waals surface area contributed by atoms with Gasteiger partial charge in [-0.2, -0.15) is 5.26 Å². The van der Waals surface area contributed by atoms with Crippen LogP contribution in [0.4, 0.5) is 0 Å². The summed E-state index contributed by atoms with van der Waals surface area (Å²) in [6.07, 6.45) is 3.75. The lowest BCUT2D eigenvalue weighted by Crippen LogP contribution is -1.96. The number of carbonyl (C=O) groups is 1. The van der Waals surface area contributed by atoms with Crippen molar-refractivity contribution >= 4 is 5.97 Å². The fraction of sp³-hybridized carbons (Fsp3) is 0.556. The molecule has 0 spiro atoms. The van der Waals surface area contributed by atoms with Gasteiger partial charge in [0.05, 0.1) is 0 Å². The van der Waals surface area contributed by atoms with Crippen LogP contribution in [-0.4, -0.2) is 17.6 Å². The van der Waals surface area contributed by atoms with Gasteiger partial charge in [-0.1, -0.05) is 26.3 Å². The minimum absolute atomic E-state index is 0.431. The number of nitriles is 1. The molecule has 0 aromatic carbocycles. The molecule has 74 valence electrons. The molecular formula is C9H16N2O2. The van der Waals surface area contributed by atoms with E-state index in [9.17, 15) is 4.79 Å². The van der Waals surface area contributed by atoms with E-state index in [2.05, 4.69) is 13.5 Å². The van der Waals surface area contributed by atoms with E-state index in [0.717, 1.165) is 6.54 Å². The number of nitrogens with two attached hydrogens (primary N) is 1. The van der Waals surface area contributed by atoms with Gasteiger partial charge in [0.15, 0.2) is 0 Å². The number of unbranched alkanes of at least 4 members (excludes halogenated alkanes) is 2. The van der Waals surface area contributed by atoms with Crippen molar-refractivity contribution < 1.29 is 9.90 Å². The van der Waals surface area contributed by atoms with Gasteiger partial charge in [-0.15, -0.1) is 0 Å². The fourth-order valence-electron chi connectivity index (χ4n) is 0.442. The third-order valence-electron chi connectivity index (χ3n) is 1.20. The van der Waals surface area contributed by atoms with E-state index in [0.29, 0.717) is 0 Å². The molecule has 0 unspecified atom stereocenters. The summed E-state index contributed by atoms with van der Waals surface area (Å²) in [6.45, 7) is 5.94. The van der Waals surface area contributed by atoms with Gasteiger partial charge in [-0.25, -0.2) is 4.79 Å². The molecule has 0 rings (SSSR count). The summed E-state index contributed by atoms with van der Waals surface area (Å²) in [4.78, 5) is 9.61. The van der Waals surface area contributed by atoms with Crippen LogP contribution in [0.2, 0.25) is 0 Å². The molecule has 0 fully saturated rings. The quantitative estimate of drug-likeness (QED) is 0.391. The largest absolute Gasteiger partial charge is 0.477 e. The predicted molar refractivity (Wildman–Crippen MR) is 51.0 cm³/mol. The lowest BCUT2D eigenvalue weighted by atomic mass is 10.3.